The summed E-state index contributed by atoms with van der Waals surface area (Å²) in [4.78, 5) is 10.1. The minimum absolute atomic E-state index is 0.0882. The van der Waals surface area contributed by atoms with E-state index in [1.54, 1.807) is 0 Å². The van der Waals surface area contributed by atoms with E-state index in [0.29, 0.717) is 44.1 Å². The van der Waals surface area contributed by atoms with Crippen LogP contribution in [0.15, 0.2) is 17.5 Å². The predicted molar refractivity (Wildman–Crippen MR) is 72.8 cm³/mol. The number of likely N-dealkylation sites (N-methyl/N-ethyl adjacent to an activating group) is 1. The number of anilines is 1. The van der Waals surface area contributed by atoms with E-state index in [-0.39, 0.29) is 5.84 Å². The first-order chi connectivity index (χ1) is 9.54. The van der Waals surface area contributed by atoms with Gasteiger partial charge in [-0.05, 0) is 0 Å². The molecule has 0 atom stereocenters. The Labute approximate surface area is 116 Å². The fraction of sp³-hybridized carbons (Fsp3) is 0.583. The molecule has 1 aromatic rings. The van der Waals surface area contributed by atoms with E-state index in [1.165, 1.54) is 12.4 Å². The third-order valence-electron chi connectivity index (χ3n) is 3.35. The van der Waals surface area contributed by atoms with E-state index in [2.05, 4.69) is 15.1 Å². The Morgan fingerprint density at radius 1 is 1.45 bits per heavy atom. The van der Waals surface area contributed by atoms with Crippen LogP contribution < -0.4 is 10.6 Å². The van der Waals surface area contributed by atoms with Crippen molar-refractivity contribution in [2.75, 3.05) is 31.7 Å². The van der Waals surface area contributed by atoms with Gasteiger partial charge in [-0.3, -0.25) is 0 Å². The molecule has 1 saturated heterocycles. The summed E-state index contributed by atoms with van der Waals surface area (Å²) in [6.45, 7) is 1.59. The number of hydrogen-bond donors (Lipinski definition) is 3. The van der Waals surface area contributed by atoms with E-state index in [1.807, 2.05) is 11.9 Å². The normalized spacial score (nSPS) is 18.8. The molecular formula is C12H19N5O3. The van der Waals surface area contributed by atoms with Gasteiger partial charge in [-0.1, -0.05) is 5.16 Å². The summed E-state index contributed by atoms with van der Waals surface area (Å²) in [6.07, 6.45) is 4.16. The zero-order chi connectivity index (χ0) is 14.6. The van der Waals surface area contributed by atoms with Gasteiger partial charge in [-0.15, -0.1) is 0 Å². The van der Waals surface area contributed by atoms with Gasteiger partial charge in [0, 0.05) is 39.6 Å². The highest BCUT2D eigenvalue weighted by Crippen LogP contribution is 2.22. The lowest BCUT2D eigenvalue weighted by molar-refractivity contribution is -0.0573. The summed E-state index contributed by atoms with van der Waals surface area (Å²) >= 11 is 0. The number of amidine groups is 1. The van der Waals surface area contributed by atoms with Gasteiger partial charge in [0.2, 0.25) is 0 Å². The number of aliphatic hydroxyl groups is 1. The van der Waals surface area contributed by atoms with Gasteiger partial charge < -0.3 is 25.7 Å². The SMILES string of the molecule is CN(CC1(O)CCOCC1)c1cnc(C(N)=NO)cn1. The second-order valence-corrected chi connectivity index (χ2v) is 4.94. The average molecular weight is 281 g/mol. The molecule has 2 rings (SSSR count). The smallest absolute Gasteiger partial charge is 0.190 e. The molecule has 8 nitrogen and oxygen atoms in total. The molecule has 1 aliphatic heterocycles. The van der Waals surface area contributed by atoms with Gasteiger partial charge in [0.25, 0.3) is 0 Å². The molecule has 1 aromatic heterocycles. The Balaban J connectivity index is 2.03. The third-order valence-corrected chi connectivity index (χ3v) is 3.35. The van der Waals surface area contributed by atoms with Gasteiger partial charge in [-0.25, -0.2) is 9.97 Å². The molecule has 1 fully saturated rings. The minimum Gasteiger partial charge on any atom is -0.409 e. The first-order valence-electron chi connectivity index (χ1n) is 6.35. The Hall–Kier alpha value is -1.93. The highest BCUT2D eigenvalue weighted by atomic mass is 16.5. The largest absolute Gasteiger partial charge is 0.409 e. The number of ether oxygens (including phenoxy) is 1. The van der Waals surface area contributed by atoms with Crippen molar-refractivity contribution in [3.05, 3.63) is 18.1 Å². The van der Waals surface area contributed by atoms with Crippen LogP contribution >= 0.6 is 0 Å². The Morgan fingerprint density at radius 2 is 2.15 bits per heavy atom. The number of rotatable bonds is 4. The molecule has 0 radical (unpaired) electrons. The van der Waals surface area contributed by atoms with E-state index in [0.717, 1.165) is 0 Å². The summed E-state index contributed by atoms with van der Waals surface area (Å²) in [5.74, 6) is 0.522. The average Bonchev–Trinajstić information content (AvgIpc) is 2.47. The molecule has 110 valence electrons. The Kier molecular flexibility index (Phi) is 4.35. The standard InChI is InChI=1S/C12H19N5O3/c1-17(8-12(18)2-4-20-5-3-12)10-7-14-9(6-15-10)11(13)16-19/h6-7,18-19H,2-5,8H2,1H3,(H2,13,16). The highest BCUT2D eigenvalue weighted by molar-refractivity contribution is 5.94. The maximum Gasteiger partial charge on any atom is 0.190 e. The van der Waals surface area contributed by atoms with Crippen LogP contribution in [-0.4, -0.2) is 58.5 Å². The summed E-state index contributed by atoms with van der Waals surface area (Å²) < 4.78 is 5.25. The predicted octanol–water partition coefficient (Wildman–Crippen LogP) is -0.451. The fourth-order valence-corrected chi connectivity index (χ4v) is 2.13. The molecule has 0 amide bonds. The third kappa shape index (κ3) is 3.34. The summed E-state index contributed by atoms with van der Waals surface area (Å²) in [5.41, 5.74) is 4.96. The van der Waals surface area contributed by atoms with E-state index in [4.69, 9.17) is 15.7 Å². The summed E-state index contributed by atoms with van der Waals surface area (Å²) in [6, 6.07) is 0. The molecule has 20 heavy (non-hydrogen) atoms. The van der Waals surface area contributed by atoms with Gasteiger partial charge >= 0.3 is 0 Å². The van der Waals surface area contributed by atoms with Gasteiger partial charge in [0.15, 0.2) is 5.84 Å². The zero-order valence-corrected chi connectivity index (χ0v) is 11.4. The lowest BCUT2D eigenvalue weighted by Crippen LogP contribution is -2.46. The molecule has 0 saturated carbocycles. The van der Waals surface area contributed by atoms with Crippen molar-refractivity contribution in [2.45, 2.75) is 18.4 Å². The van der Waals surface area contributed by atoms with Crippen LogP contribution in [0.4, 0.5) is 5.82 Å². The number of hydrogen-bond acceptors (Lipinski definition) is 7. The first-order valence-corrected chi connectivity index (χ1v) is 6.35. The summed E-state index contributed by atoms with van der Waals surface area (Å²) in [5, 5.41) is 21.9. The minimum atomic E-state index is -0.765. The molecule has 0 bridgehead atoms. The van der Waals surface area contributed by atoms with E-state index in [9.17, 15) is 5.11 Å². The highest BCUT2D eigenvalue weighted by Gasteiger charge is 2.31. The topological polar surface area (TPSA) is 117 Å². The molecule has 4 N–H and O–H groups in total. The van der Waals surface area contributed by atoms with Gasteiger partial charge in [-0.2, -0.15) is 0 Å². The van der Waals surface area contributed by atoms with Crippen molar-refractivity contribution in [1.82, 2.24) is 9.97 Å². The zero-order valence-electron chi connectivity index (χ0n) is 11.4. The maximum atomic E-state index is 10.4. The molecule has 0 spiro atoms. The first kappa shape index (κ1) is 14.5. The monoisotopic (exact) mass is 281 g/mol. The quantitative estimate of drug-likeness (QED) is 0.296. The second kappa shape index (κ2) is 6.02. The van der Waals surface area contributed by atoms with E-state index < -0.39 is 5.60 Å². The molecule has 2 heterocycles. The Morgan fingerprint density at radius 3 is 2.70 bits per heavy atom. The van der Waals surface area contributed by atoms with Crippen LogP contribution in [0.2, 0.25) is 0 Å². The van der Waals surface area contributed by atoms with Crippen LogP contribution in [-0.2, 0) is 4.74 Å². The number of nitrogens with zero attached hydrogens (tertiary/aromatic N) is 4. The van der Waals surface area contributed by atoms with Crippen molar-refractivity contribution in [3.63, 3.8) is 0 Å². The van der Waals surface area contributed by atoms with Crippen molar-refractivity contribution in [1.29, 1.82) is 0 Å². The van der Waals surface area contributed by atoms with Crippen LogP contribution in [0, 0.1) is 0 Å². The van der Waals surface area contributed by atoms with Crippen molar-refractivity contribution in [2.24, 2.45) is 10.9 Å². The number of oxime groups is 1. The number of nitrogens with two attached hydrogens (primary N) is 1. The van der Waals surface area contributed by atoms with Gasteiger partial charge in [0.05, 0.1) is 18.0 Å². The van der Waals surface area contributed by atoms with Crippen LogP contribution in [0.1, 0.15) is 18.5 Å². The molecule has 8 heteroatoms. The van der Waals surface area contributed by atoms with Crippen LogP contribution in [0.3, 0.4) is 0 Å². The molecule has 1 aliphatic rings. The Bertz CT molecular complexity index is 470. The lowest BCUT2D eigenvalue weighted by Gasteiger charge is -2.35. The lowest BCUT2D eigenvalue weighted by atomic mass is 9.94. The van der Waals surface area contributed by atoms with Crippen LogP contribution in [0.25, 0.3) is 0 Å². The summed E-state index contributed by atoms with van der Waals surface area (Å²) in [7, 11) is 1.83. The molecule has 0 aliphatic carbocycles. The number of aromatic nitrogens is 2. The van der Waals surface area contributed by atoms with Crippen molar-refractivity contribution >= 4 is 11.7 Å². The van der Waals surface area contributed by atoms with Crippen molar-refractivity contribution < 1.29 is 15.1 Å². The molecule has 0 unspecified atom stereocenters. The fourth-order valence-electron chi connectivity index (χ4n) is 2.13. The molecular weight excluding hydrogens is 262 g/mol. The van der Waals surface area contributed by atoms with Gasteiger partial charge in [0.1, 0.15) is 11.5 Å². The van der Waals surface area contributed by atoms with Crippen molar-refractivity contribution in [3.8, 4) is 0 Å². The maximum absolute atomic E-state index is 10.4. The van der Waals surface area contributed by atoms with Crippen LogP contribution in [0.5, 0.6) is 0 Å². The second-order valence-electron chi connectivity index (χ2n) is 4.94. The molecule has 0 aromatic carbocycles. The van der Waals surface area contributed by atoms with E-state index >= 15 is 0 Å².